The van der Waals surface area contributed by atoms with Gasteiger partial charge in [0.2, 0.25) is 0 Å². The number of hydrogen-bond acceptors (Lipinski definition) is 1. The molecule has 0 radical (unpaired) electrons. The van der Waals surface area contributed by atoms with Gasteiger partial charge >= 0.3 is 0 Å². The molecule has 0 aromatic heterocycles. The zero-order valence-corrected chi connectivity index (χ0v) is 10.7. The summed E-state index contributed by atoms with van der Waals surface area (Å²) >= 11 is 0. The van der Waals surface area contributed by atoms with E-state index in [9.17, 15) is 5.11 Å². The van der Waals surface area contributed by atoms with Crippen LogP contribution in [0.3, 0.4) is 0 Å². The zero-order valence-electron chi connectivity index (χ0n) is 10.7. The van der Waals surface area contributed by atoms with Crippen LogP contribution in [0.25, 0.3) is 11.1 Å². The molecule has 1 aliphatic carbocycles. The Morgan fingerprint density at radius 1 is 1.00 bits per heavy atom. The van der Waals surface area contributed by atoms with E-state index in [1.807, 2.05) is 0 Å². The van der Waals surface area contributed by atoms with E-state index in [-0.39, 0.29) is 6.10 Å². The number of rotatable bonds is 1. The smallest absolute Gasteiger partial charge is 0.0793 e. The molecule has 0 saturated carbocycles. The second-order valence-corrected chi connectivity index (χ2v) is 5.10. The molecule has 92 valence electrons. The molecule has 0 fully saturated rings. The average molecular weight is 238 g/mol. The molecule has 1 heteroatoms. The number of aliphatic hydroxyl groups excluding tert-OH is 1. The quantitative estimate of drug-likeness (QED) is 0.795. The van der Waals surface area contributed by atoms with Gasteiger partial charge < -0.3 is 5.11 Å². The summed E-state index contributed by atoms with van der Waals surface area (Å²) in [6.45, 7) is 2.15. The van der Waals surface area contributed by atoms with Crippen LogP contribution in [0, 0.1) is 6.92 Å². The lowest BCUT2D eigenvalue weighted by Gasteiger charge is -2.24. The van der Waals surface area contributed by atoms with Crippen molar-refractivity contribution in [2.75, 3.05) is 0 Å². The van der Waals surface area contributed by atoms with Crippen LogP contribution in [-0.4, -0.2) is 5.11 Å². The van der Waals surface area contributed by atoms with Crippen molar-refractivity contribution in [1.29, 1.82) is 0 Å². The van der Waals surface area contributed by atoms with Crippen LogP contribution in [-0.2, 0) is 6.42 Å². The second kappa shape index (κ2) is 4.58. The molecule has 0 bridgehead atoms. The molecule has 1 nitrogen and oxygen atoms in total. The Hall–Kier alpha value is -1.60. The molecule has 0 saturated heterocycles. The summed E-state index contributed by atoms with van der Waals surface area (Å²) in [5.74, 6) is 0. The van der Waals surface area contributed by atoms with Crippen molar-refractivity contribution in [2.45, 2.75) is 32.3 Å². The van der Waals surface area contributed by atoms with Crippen LogP contribution in [0.5, 0.6) is 0 Å². The van der Waals surface area contributed by atoms with Crippen molar-refractivity contribution >= 4 is 0 Å². The minimum atomic E-state index is -0.280. The normalized spacial score (nSPS) is 18.4. The Balaban J connectivity index is 2.19. The third-order valence-corrected chi connectivity index (χ3v) is 3.91. The fourth-order valence-corrected chi connectivity index (χ4v) is 2.95. The van der Waals surface area contributed by atoms with Crippen molar-refractivity contribution in [3.63, 3.8) is 0 Å². The third-order valence-electron chi connectivity index (χ3n) is 3.91. The molecule has 2 aromatic carbocycles. The molecular formula is C17H18O. The summed E-state index contributed by atoms with van der Waals surface area (Å²) in [6.07, 6.45) is 2.77. The predicted molar refractivity (Wildman–Crippen MR) is 74.5 cm³/mol. The van der Waals surface area contributed by atoms with E-state index in [0.29, 0.717) is 0 Å². The molecule has 1 N–H and O–H groups in total. The minimum absolute atomic E-state index is 0.280. The third kappa shape index (κ3) is 1.85. The van der Waals surface area contributed by atoms with Crippen LogP contribution in [0.2, 0.25) is 0 Å². The first-order chi connectivity index (χ1) is 8.77. The molecule has 18 heavy (non-hydrogen) atoms. The number of benzene rings is 2. The summed E-state index contributed by atoms with van der Waals surface area (Å²) in [7, 11) is 0. The number of hydrogen-bond donors (Lipinski definition) is 1. The van der Waals surface area contributed by atoms with Gasteiger partial charge in [0.1, 0.15) is 0 Å². The van der Waals surface area contributed by atoms with E-state index in [1.54, 1.807) is 0 Å². The van der Waals surface area contributed by atoms with Crippen LogP contribution >= 0.6 is 0 Å². The van der Waals surface area contributed by atoms with Gasteiger partial charge in [-0.05, 0) is 54.0 Å². The fourth-order valence-electron chi connectivity index (χ4n) is 2.95. The van der Waals surface area contributed by atoms with Crippen LogP contribution in [0.1, 0.15) is 35.6 Å². The van der Waals surface area contributed by atoms with E-state index in [2.05, 4.69) is 49.4 Å². The first-order valence-corrected chi connectivity index (χ1v) is 6.63. The molecule has 3 rings (SSSR count). The zero-order chi connectivity index (χ0) is 12.5. The van der Waals surface area contributed by atoms with Crippen LogP contribution in [0.15, 0.2) is 42.5 Å². The van der Waals surface area contributed by atoms with Crippen molar-refractivity contribution in [2.24, 2.45) is 0 Å². The highest BCUT2D eigenvalue weighted by atomic mass is 16.3. The summed E-state index contributed by atoms with van der Waals surface area (Å²) < 4.78 is 0. The molecule has 0 heterocycles. The Morgan fingerprint density at radius 2 is 1.78 bits per heavy atom. The molecule has 1 atom stereocenters. The van der Waals surface area contributed by atoms with Crippen LogP contribution in [0.4, 0.5) is 0 Å². The highest BCUT2D eigenvalue weighted by molar-refractivity contribution is 5.72. The first kappa shape index (κ1) is 11.5. The molecule has 0 aliphatic heterocycles. The maximum Gasteiger partial charge on any atom is 0.0793 e. The van der Waals surface area contributed by atoms with Crippen LogP contribution < -0.4 is 0 Å². The van der Waals surface area contributed by atoms with E-state index in [0.717, 1.165) is 24.8 Å². The topological polar surface area (TPSA) is 20.2 Å². The molecule has 0 amide bonds. The number of aryl methyl sites for hydroxylation is 1. The Bertz CT molecular complexity index is 572. The lowest BCUT2D eigenvalue weighted by molar-refractivity contribution is 0.156. The summed E-state index contributed by atoms with van der Waals surface area (Å²) in [6, 6.07) is 14.8. The Labute approximate surface area is 108 Å². The van der Waals surface area contributed by atoms with E-state index in [1.165, 1.54) is 22.3 Å². The van der Waals surface area contributed by atoms with Crippen molar-refractivity contribution in [3.05, 3.63) is 59.2 Å². The maximum atomic E-state index is 10.1. The van der Waals surface area contributed by atoms with Gasteiger partial charge in [0.25, 0.3) is 0 Å². The van der Waals surface area contributed by atoms with E-state index in [4.69, 9.17) is 0 Å². The van der Waals surface area contributed by atoms with Crippen molar-refractivity contribution in [3.8, 4) is 11.1 Å². The van der Waals surface area contributed by atoms with Gasteiger partial charge in [0.05, 0.1) is 6.10 Å². The average Bonchev–Trinajstić information content (AvgIpc) is 2.40. The molecule has 1 aliphatic rings. The van der Waals surface area contributed by atoms with Gasteiger partial charge in [0.15, 0.2) is 0 Å². The SMILES string of the molecule is Cc1ccccc1-c1cccc2c1CCCC2O. The summed E-state index contributed by atoms with van der Waals surface area (Å²) in [5, 5.41) is 10.1. The van der Waals surface area contributed by atoms with Gasteiger partial charge in [-0.25, -0.2) is 0 Å². The minimum Gasteiger partial charge on any atom is -0.388 e. The summed E-state index contributed by atoms with van der Waals surface area (Å²) in [4.78, 5) is 0. The second-order valence-electron chi connectivity index (χ2n) is 5.10. The van der Waals surface area contributed by atoms with Crippen molar-refractivity contribution < 1.29 is 5.11 Å². The molecule has 1 unspecified atom stereocenters. The van der Waals surface area contributed by atoms with Gasteiger partial charge in [-0.15, -0.1) is 0 Å². The fraction of sp³-hybridized carbons (Fsp3) is 0.294. The van der Waals surface area contributed by atoms with E-state index < -0.39 is 0 Å². The maximum absolute atomic E-state index is 10.1. The molecule has 0 spiro atoms. The Morgan fingerprint density at radius 3 is 2.61 bits per heavy atom. The van der Waals surface area contributed by atoms with Gasteiger partial charge in [-0.3, -0.25) is 0 Å². The standard InChI is InChI=1S/C17H18O/c1-12-6-2-3-7-13(12)14-8-4-10-16-15(14)9-5-11-17(16)18/h2-4,6-8,10,17-18H,5,9,11H2,1H3. The van der Waals surface area contributed by atoms with Gasteiger partial charge in [-0.1, -0.05) is 42.5 Å². The summed E-state index contributed by atoms with van der Waals surface area (Å²) in [5.41, 5.74) is 6.35. The first-order valence-electron chi connectivity index (χ1n) is 6.63. The van der Waals surface area contributed by atoms with Gasteiger partial charge in [0, 0.05) is 0 Å². The molecular weight excluding hydrogens is 220 g/mol. The predicted octanol–water partition coefficient (Wildman–Crippen LogP) is 4.03. The van der Waals surface area contributed by atoms with E-state index >= 15 is 0 Å². The highest BCUT2D eigenvalue weighted by Gasteiger charge is 2.20. The van der Waals surface area contributed by atoms with Gasteiger partial charge in [-0.2, -0.15) is 0 Å². The molecule has 2 aromatic rings. The highest BCUT2D eigenvalue weighted by Crippen LogP contribution is 2.36. The lowest BCUT2D eigenvalue weighted by Crippen LogP contribution is -2.10. The van der Waals surface area contributed by atoms with Crippen molar-refractivity contribution in [1.82, 2.24) is 0 Å². The monoisotopic (exact) mass is 238 g/mol. The Kier molecular flexibility index (Phi) is 2.92. The number of fused-ring (bicyclic) bond motifs is 1. The lowest BCUT2D eigenvalue weighted by atomic mass is 9.83. The number of aliphatic hydroxyl groups is 1. The largest absolute Gasteiger partial charge is 0.388 e.